The number of nitrogens with one attached hydrogen (secondary N) is 1. The minimum absolute atomic E-state index is 0.568. The summed E-state index contributed by atoms with van der Waals surface area (Å²) >= 11 is 5.41. The predicted molar refractivity (Wildman–Crippen MR) is 80.4 cm³/mol. The van der Waals surface area contributed by atoms with Gasteiger partial charge in [0.2, 0.25) is 0 Å². The number of hydrogen-bond donors (Lipinski definition) is 1. The molecule has 0 aromatic carbocycles. The van der Waals surface area contributed by atoms with Gasteiger partial charge in [0.15, 0.2) is 0 Å². The zero-order valence-corrected chi connectivity index (χ0v) is 13.1. The number of nitrogens with zero attached hydrogens (tertiary/aromatic N) is 2. The van der Waals surface area contributed by atoms with Crippen LogP contribution in [-0.2, 0) is 6.42 Å². The normalized spacial score (nSPS) is 32.7. The predicted octanol–water partition coefficient (Wildman–Crippen LogP) is 1.64. The third kappa shape index (κ3) is 2.65. The molecule has 0 saturated carbocycles. The van der Waals surface area contributed by atoms with Crippen LogP contribution < -0.4 is 5.32 Å². The first-order chi connectivity index (χ1) is 8.76. The molecule has 100 valence electrons. The monoisotopic (exact) mass is 329 g/mol. The highest BCUT2D eigenvalue weighted by Gasteiger charge is 2.36. The van der Waals surface area contributed by atoms with Crippen molar-refractivity contribution in [1.29, 1.82) is 0 Å². The third-order valence-corrected chi connectivity index (χ3v) is 5.85. The van der Waals surface area contributed by atoms with E-state index >= 15 is 0 Å². The number of hydrogen-bond acceptors (Lipinski definition) is 4. The lowest BCUT2D eigenvalue weighted by atomic mass is 9.97. The maximum Gasteiger partial charge on any atom is 0.0701 e. The zero-order chi connectivity index (χ0) is 12.5. The Hall–Kier alpha value is 0.0600. The second-order valence-electron chi connectivity index (χ2n) is 5.21. The van der Waals surface area contributed by atoms with Crippen LogP contribution in [0.2, 0.25) is 0 Å². The van der Waals surface area contributed by atoms with Gasteiger partial charge < -0.3 is 5.32 Å². The van der Waals surface area contributed by atoms with Crippen LogP contribution in [0.1, 0.15) is 4.88 Å². The second kappa shape index (κ2) is 5.59. The second-order valence-corrected chi connectivity index (χ2v) is 7.76. The van der Waals surface area contributed by atoms with E-state index in [-0.39, 0.29) is 0 Å². The fourth-order valence-corrected chi connectivity index (χ4v) is 4.69. The van der Waals surface area contributed by atoms with Crippen molar-refractivity contribution in [2.45, 2.75) is 18.5 Å². The lowest BCUT2D eigenvalue weighted by molar-refractivity contribution is -0.00191. The minimum Gasteiger partial charge on any atom is -0.315 e. The molecular weight excluding hydrogens is 310 g/mol. The first-order valence-corrected chi connectivity index (χ1v) is 8.25. The SMILES string of the molecule is CNC(Cc1ccc(Br)s1)C1CN2CCN1CC2. The van der Waals surface area contributed by atoms with Crippen molar-refractivity contribution in [2.24, 2.45) is 0 Å². The number of piperazine rings is 3. The summed E-state index contributed by atoms with van der Waals surface area (Å²) in [5, 5.41) is 3.54. The van der Waals surface area contributed by atoms with E-state index in [1.165, 1.54) is 41.4 Å². The van der Waals surface area contributed by atoms with Crippen molar-refractivity contribution in [3.8, 4) is 0 Å². The molecule has 2 atom stereocenters. The molecule has 3 aliphatic rings. The zero-order valence-electron chi connectivity index (χ0n) is 10.7. The average Bonchev–Trinajstić information content (AvgIpc) is 2.83. The molecule has 4 heterocycles. The first-order valence-electron chi connectivity index (χ1n) is 6.64. The lowest BCUT2D eigenvalue weighted by Gasteiger charge is -2.50. The van der Waals surface area contributed by atoms with Crippen LogP contribution in [0, 0.1) is 0 Å². The summed E-state index contributed by atoms with van der Waals surface area (Å²) < 4.78 is 1.24. The number of thiophene rings is 1. The smallest absolute Gasteiger partial charge is 0.0701 e. The molecule has 3 nitrogen and oxygen atoms in total. The molecule has 3 fully saturated rings. The van der Waals surface area contributed by atoms with E-state index in [2.05, 4.69) is 50.2 Å². The van der Waals surface area contributed by atoms with Crippen molar-refractivity contribution >= 4 is 27.3 Å². The fraction of sp³-hybridized carbons (Fsp3) is 0.692. The maximum absolute atomic E-state index is 3.55. The van der Waals surface area contributed by atoms with Gasteiger partial charge in [0, 0.05) is 49.7 Å². The Bertz CT molecular complexity index is 401. The molecule has 0 amide bonds. The van der Waals surface area contributed by atoms with Gasteiger partial charge in [0.1, 0.15) is 0 Å². The summed E-state index contributed by atoms with van der Waals surface area (Å²) in [6.45, 7) is 6.25. The maximum atomic E-state index is 3.55. The topological polar surface area (TPSA) is 18.5 Å². The van der Waals surface area contributed by atoms with E-state index in [0.29, 0.717) is 12.1 Å². The highest BCUT2D eigenvalue weighted by Crippen LogP contribution is 2.26. The van der Waals surface area contributed by atoms with Crippen molar-refractivity contribution in [2.75, 3.05) is 39.8 Å². The summed E-state index contributed by atoms with van der Waals surface area (Å²) in [6.07, 6.45) is 1.14. The van der Waals surface area contributed by atoms with E-state index in [9.17, 15) is 0 Å². The Balaban J connectivity index is 1.68. The summed E-state index contributed by atoms with van der Waals surface area (Å²) in [5.41, 5.74) is 0. The van der Waals surface area contributed by atoms with Crippen LogP contribution in [0.3, 0.4) is 0 Å². The third-order valence-electron chi connectivity index (χ3n) is 4.21. The quantitative estimate of drug-likeness (QED) is 0.906. The molecular formula is C13H20BrN3S. The van der Waals surface area contributed by atoms with Gasteiger partial charge in [0.05, 0.1) is 3.79 Å². The standard InChI is InChI=1S/C13H20BrN3S/c1-15-11(8-10-2-3-13(14)18-10)12-9-16-4-6-17(12)7-5-16/h2-3,11-12,15H,4-9H2,1H3. The Morgan fingerprint density at radius 2 is 2.17 bits per heavy atom. The molecule has 0 aliphatic carbocycles. The molecule has 2 bridgehead atoms. The molecule has 2 unspecified atom stereocenters. The summed E-state index contributed by atoms with van der Waals surface area (Å²) in [7, 11) is 2.10. The van der Waals surface area contributed by atoms with Crippen molar-refractivity contribution in [3.05, 3.63) is 20.8 Å². The van der Waals surface area contributed by atoms with Gasteiger partial charge >= 0.3 is 0 Å². The van der Waals surface area contributed by atoms with E-state index in [1.54, 1.807) is 0 Å². The number of likely N-dealkylation sites (N-methyl/N-ethyl adjacent to an activating group) is 1. The van der Waals surface area contributed by atoms with Crippen molar-refractivity contribution < 1.29 is 0 Å². The average molecular weight is 330 g/mol. The Labute approximate surface area is 121 Å². The highest BCUT2D eigenvalue weighted by atomic mass is 79.9. The molecule has 1 aromatic heterocycles. The first kappa shape index (κ1) is 13.1. The van der Waals surface area contributed by atoms with Gasteiger partial charge in [-0.1, -0.05) is 0 Å². The molecule has 18 heavy (non-hydrogen) atoms. The number of halogens is 1. The Morgan fingerprint density at radius 3 is 2.67 bits per heavy atom. The van der Waals surface area contributed by atoms with Crippen LogP contribution >= 0.6 is 27.3 Å². The fourth-order valence-electron chi connectivity index (χ4n) is 3.15. The summed E-state index contributed by atoms with van der Waals surface area (Å²) in [6, 6.07) is 5.65. The minimum atomic E-state index is 0.568. The van der Waals surface area contributed by atoms with Gasteiger partial charge in [-0.25, -0.2) is 0 Å². The van der Waals surface area contributed by atoms with Gasteiger partial charge in [-0.2, -0.15) is 0 Å². The Kier molecular flexibility index (Phi) is 4.06. The van der Waals surface area contributed by atoms with Crippen LogP contribution in [0.15, 0.2) is 15.9 Å². The van der Waals surface area contributed by atoms with Crippen molar-refractivity contribution in [3.63, 3.8) is 0 Å². The van der Waals surface area contributed by atoms with Crippen LogP contribution in [0.4, 0.5) is 0 Å². The van der Waals surface area contributed by atoms with E-state index in [4.69, 9.17) is 0 Å². The van der Waals surface area contributed by atoms with Gasteiger partial charge in [0.25, 0.3) is 0 Å². The van der Waals surface area contributed by atoms with Crippen molar-refractivity contribution in [1.82, 2.24) is 15.1 Å². The summed E-state index contributed by atoms with van der Waals surface area (Å²) in [5.74, 6) is 0. The van der Waals surface area contributed by atoms with Crippen LogP contribution in [0.25, 0.3) is 0 Å². The highest BCUT2D eigenvalue weighted by molar-refractivity contribution is 9.11. The molecule has 3 aliphatic heterocycles. The van der Waals surface area contributed by atoms with Gasteiger partial charge in [-0.05, 0) is 41.5 Å². The molecule has 5 heteroatoms. The number of rotatable bonds is 4. The van der Waals surface area contributed by atoms with Crippen LogP contribution in [0.5, 0.6) is 0 Å². The molecule has 0 radical (unpaired) electrons. The molecule has 0 spiro atoms. The summed E-state index contributed by atoms with van der Waals surface area (Å²) in [4.78, 5) is 6.75. The molecule has 3 saturated heterocycles. The van der Waals surface area contributed by atoms with Crippen LogP contribution in [-0.4, -0.2) is 61.7 Å². The molecule has 4 rings (SSSR count). The molecule has 1 aromatic rings. The van der Waals surface area contributed by atoms with Gasteiger partial charge in [-0.3, -0.25) is 9.80 Å². The van der Waals surface area contributed by atoms with E-state index in [0.717, 1.165) is 6.42 Å². The van der Waals surface area contributed by atoms with E-state index in [1.807, 2.05) is 11.3 Å². The van der Waals surface area contributed by atoms with E-state index < -0.39 is 0 Å². The number of fused-ring (bicyclic) bond motifs is 3. The Morgan fingerprint density at radius 1 is 1.39 bits per heavy atom. The molecule has 1 N–H and O–H groups in total. The largest absolute Gasteiger partial charge is 0.315 e. The van der Waals surface area contributed by atoms with Gasteiger partial charge in [-0.15, -0.1) is 11.3 Å². The lowest BCUT2D eigenvalue weighted by Crippen LogP contribution is -2.66.